The lowest BCUT2D eigenvalue weighted by atomic mass is 9.93. The first-order valence-electron chi connectivity index (χ1n) is 10.4. The summed E-state index contributed by atoms with van der Waals surface area (Å²) in [7, 11) is 0. The van der Waals surface area contributed by atoms with Crippen LogP contribution in [-0.2, 0) is 6.54 Å². The van der Waals surface area contributed by atoms with Gasteiger partial charge in [-0.2, -0.15) is 0 Å². The van der Waals surface area contributed by atoms with Gasteiger partial charge in [0.2, 0.25) is 0 Å². The predicted octanol–water partition coefficient (Wildman–Crippen LogP) is 5.76. The van der Waals surface area contributed by atoms with Crippen molar-refractivity contribution in [3.8, 4) is 0 Å². The van der Waals surface area contributed by atoms with Crippen molar-refractivity contribution in [2.45, 2.75) is 46.3 Å². The number of hydrogen-bond donors (Lipinski definition) is 2. The van der Waals surface area contributed by atoms with Gasteiger partial charge in [-0.3, -0.25) is 0 Å². The number of hydrogen-bond acceptors (Lipinski definition) is 1. The Labute approximate surface area is 179 Å². The Balaban J connectivity index is 1.88. The molecule has 1 heterocycles. The maximum absolute atomic E-state index is 13.5. The fourth-order valence-electron chi connectivity index (χ4n) is 3.43. The number of guanidine groups is 1. The summed E-state index contributed by atoms with van der Waals surface area (Å²) in [6, 6.07) is 15.2. The largest absolute Gasteiger partial charge is 0.347 e. The first-order valence-corrected chi connectivity index (χ1v) is 10.4. The van der Waals surface area contributed by atoms with E-state index in [1.807, 2.05) is 13.0 Å². The lowest BCUT2D eigenvalue weighted by Crippen LogP contribution is -2.30. The summed E-state index contributed by atoms with van der Waals surface area (Å²) in [5.41, 5.74) is 5.68. The molecular formula is C26H30FN3. The molecule has 3 nitrogen and oxygen atoms in total. The van der Waals surface area contributed by atoms with Gasteiger partial charge in [-0.1, -0.05) is 71.8 Å². The maximum atomic E-state index is 13.5. The zero-order valence-corrected chi connectivity index (χ0v) is 18.1. The Morgan fingerprint density at radius 2 is 1.80 bits per heavy atom. The minimum absolute atomic E-state index is 0.0462. The van der Waals surface area contributed by atoms with Crippen molar-refractivity contribution in [1.82, 2.24) is 10.6 Å². The molecular weight excluding hydrogens is 373 g/mol. The highest BCUT2D eigenvalue weighted by Crippen LogP contribution is 2.27. The van der Waals surface area contributed by atoms with Crippen molar-refractivity contribution < 1.29 is 4.39 Å². The number of allylic oxidation sites excluding steroid dienone is 4. The topological polar surface area (TPSA) is 36.4 Å². The van der Waals surface area contributed by atoms with Gasteiger partial charge in [0.1, 0.15) is 5.82 Å². The molecule has 0 spiro atoms. The molecule has 2 N–H and O–H groups in total. The molecule has 1 aliphatic rings. The molecule has 1 aliphatic heterocycles. The monoisotopic (exact) mass is 403 g/mol. The number of benzene rings is 2. The van der Waals surface area contributed by atoms with Crippen LogP contribution in [0.15, 0.2) is 89.0 Å². The van der Waals surface area contributed by atoms with Crippen LogP contribution in [0, 0.1) is 12.7 Å². The zero-order chi connectivity index (χ0) is 21.5. The van der Waals surface area contributed by atoms with Crippen LogP contribution in [0.5, 0.6) is 0 Å². The molecule has 4 heteroatoms. The van der Waals surface area contributed by atoms with E-state index < -0.39 is 0 Å². The second-order valence-electron chi connectivity index (χ2n) is 7.60. The first-order chi connectivity index (χ1) is 14.5. The average molecular weight is 404 g/mol. The highest BCUT2D eigenvalue weighted by molar-refractivity contribution is 5.84. The SMILES string of the molecule is C\C=C(C)/C=C\C(=C/C)[C@H]1NC(=NCc2cccc(F)c2)N[C@H]1c1ccc(C)cc1. The van der Waals surface area contributed by atoms with Gasteiger partial charge in [-0.15, -0.1) is 0 Å². The van der Waals surface area contributed by atoms with Crippen molar-refractivity contribution in [1.29, 1.82) is 0 Å². The summed E-state index contributed by atoms with van der Waals surface area (Å²) < 4.78 is 13.5. The van der Waals surface area contributed by atoms with Crippen molar-refractivity contribution in [2.24, 2.45) is 4.99 Å². The number of aryl methyl sites for hydroxylation is 1. The van der Waals surface area contributed by atoms with Crippen LogP contribution < -0.4 is 10.6 Å². The summed E-state index contributed by atoms with van der Waals surface area (Å²) in [4.78, 5) is 4.67. The van der Waals surface area contributed by atoms with Crippen molar-refractivity contribution >= 4 is 5.96 Å². The van der Waals surface area contributed by atoms with Gasteiger partial charge in [0.15, 0.2) is 5.96 Å². The van der Waals surface area contributed by atoms with Crippen LogP contribution in [0.4, 0.5) is 4.39 Å². The third-order valence-electron chi connectivity index (χ3n) is 5.35. The molecule has 30 heavy (non-hydrogen) atoms. The number of halogens is 1. The molecule has 2 atom stereocenters. The summed E-state index contributed by atoms with van der Waals surface area (Å²) in [6.45, 7) is 8.69. The Hall–Kier alpha value is -3.14. The minimum atomic E-state index is -0.240. The van der Waals surface area contributed by atoms with E-state index in [4.69, 9.17) is 0 Å². The molecule has 0 radical (unpaired) electrons. The molecule has 0 aromatic heterocycles. The summed E-state index contributed by atoms with van der Waals surface area (Å²) >= 11 is 0. The van der Waals surface area contributed by atoms with Crippen LogP contribution in [0.3, 0.4) is 0 Å². The predicted molar refractivity (Wildman–Crippen MR) is 124 cm³/mol. The van der Waals surface area contributed by atoms with E-state index in [2.05, 4.69) is 85.0 Å². The van der Waals surface area contributed by atoms with Gasteiger partial charge < -0.3 is 10.6 Å². The molecule has 0 unspecified atom stereocenters. The Bertz CT molecular complexity index is 984. The highest BCUT2D eigenvalue weighted by atomic mass is 19.1. The van der Waals surface area contributed by atoms with E-state index in [0.29, 0.717) is 6.54 Å². The Morgan fingerprint density at radius 3 is 2.47 bits per heavy atom. The van der Waals surface area contributed by atoms with Crippen molar-refractivity contribution in [2.75, 3.05) is 0 Å². The molecule has 0 bridgehead atoms. The highest BCUT2D eigenvalue weighted by Gasteiger charge is 2.33. The van der Waals surface area contributed by atoms with E-state index in [1.165, 1.54) is 34.4 Å². The lowest BCUT2D eigenvalue weighted by Gasteiger charge is -2.20. The van der Waals surface area contributed by atoms with Crippen molar-refractivity contribution in [3.63, 3.8) is 0 Å². The van der Waals surface area contributed by atoms with E-state index in [9.17, 15) is 4.39 Å². The Morgan fingerprint density at radius 1 is 1.03 bits per heavy atom. The molecule has 2 aromatic carbocycles. The molecule has 2 aromatic rings. The smallest absolute Gasteiger partial charge is 0.192 e. The van der Waals surface area contributed by atoms with Crippen molar-refractivity contribution in [3.05, 3.63) is 106 Å². The van der Waals surface area contributed by atoms with Crippen LogP contribution in [0.2, 0.25) is 0 Å². The summed E-state index contributed by atoms with van der Waals surface area (Å²) in [5.74, 6) is 0.487. The van der Waals surface area contributed by atoms with Gasteiger partial charge in [0.05, 0.1) is 18.6 Å². The fourth-order valence-corrected chi connectivity index (χ4v) is 3.43. The van der Waals surface area contributed by atoms with Gasteiger partial charge in [0, 0.05) is 0 Å². The number of nitrogens with zero attached hydrogens (tertiary/aromatic N) is 1. The molecule has 0 saturated carbocycles. The average Bonchev–Trinajstić information content (AvgIpc) is 3.17. The molecule has 3 rings (SSSR count). The van der Waals surface area contributed by atoms with Gasteiger partial charge >= 0.3 is 0 Å². The standard InChI is InChI=1S/C26H30FN3/c1-5-18(3)10-13-21(6-2)24-25(22-14-11-19(4)12-15-22)30-26(29-24)28-17-20-8-7-9-23(27)16-20/h5-16,24-25H,17H2,1-4H3,(H2,28,29,30)/b13-10-,18-5-,21-6+/t24-,25+/m1/s1. The third kappa shape index (κ3) is 5.47. The van der Waals surface area contributed by atoms with Crippen LogP contribution in [0.25, 0.3) is 0 Å². The van der Waals surface area contributed by atoms with Gasteiger partial charge in [-0.25, -0.2) is 9.38 Å². The van der Waals surface area contributed by atoms with Crippen LogP contribution >= 0.6 is 0 Å². The zero-order valence-electron chi connectivity index (χ0n) is 18.1. The van der Waals surface area contributed by atoms with Gasteiger partial charge in [0.25, 0.3) is 0 Å². The van der Waals surface area contributed by atoms with E-state index in [0.717, 1.165) is 11.5 Å². The molecule has 1 fully saturated rings. The number of nitrogens with one attached hydrogen (secondary N) is 2. The van der Waals surface area contributed by atoms with E-state index >= 15 is 0 Å². The molecule has 156 valence electrons. The van der Waals surface area contributed by atoms with Gasteiger partial charge in [-0.05, 0) is 56.5 Å². The molecule has 0 amide bonds. The summed E-state index contributed by atoms with van der Waals surface area (Å²) in [5, 5.41) is 7.07. The van der Waals surface area contributed by atoms with Crippen LogP contribution in [0.1, 0.15) is 43.5 Å². The molecule has 1 saturated heterocycles. The quantitative estimate of drug-likeness (QED) is 0.602. The maximum Gasteiger partial charge on any atom is 0.192 e. The first kappa shape index (κ1) is 21.6. The van der Waals surface area contributed by atoms with E-state index in [-0.39, 0.29) is 17.9 Å². The van der Waals surface area contributed by atoms with Crippen LogP contribution in [-0.4, -0.2) is 12.0 Å². The number of rotatable bonds is 6. The third-order valence-corrected chi connectivity index (χ3v) is 5.35. The second kappa shape index (κ2) is 10.1. The normalized spacial score (nSPS) is 21.2. The summed E-state index contributed by atoms with van der Waals surface area (Å²) in [6.07, 6.45) is 8.51. The fraction of sp³-hybridized carbons (Fsp3) is 0.269. The number of aliphatic imine (C=N–C) groups is 1. The Kier molecular flexibility index (Phi) is 7.23. The van der Waals surface area contributed by atoms with E-state index in [1.54, 1.807) is 6.07 Å². The second-order valence-corrected chi connectivity index (χ2v) is 7.60. The lowest BCUT2D eigenvalue weighted by molar-refractivity contribution is 0.596. The minimum Gasteiger partial charge on any atom is -0.347 e. The molecule has 0 aliphatic carbocycles.